The number of hydrogen-bond donors (Lipinski definition) is 1. The van der Waals surface area contributed by atoms with Gasteiger partial charge >= 0.3 is 0 Å². The molecule has 1 saturated heterocycles. The van der Waals surface area contributed by atoms with E-state index in [2.05, 4.69) is 21.2 Å². The van der Waals surface area contributed by atoms with Crippen LogP contribution in [0, 0.1) is 11.3 Å². The molecule has 0 radical (unpaired) electrons. The first kappa shape index (κ1) is 24.4. The fraction of sp³-hybridized carbons (Fsp3) is 0.0800. The Morgan fingerprint density at radius 3 is 2.18 bits per heavy atom. The normalized spacial score (nSPS) is 16.8. The van der Waals surface area contributed by atoms with Crippen LogP contribution >= 0.6 is 50.9 Å². The zero-order chi connectivity index (χ0) is 24.2. The summed E-state index contributed by atoms with van der Waals surface area (Å²) in [7, 11) is 0. The Balaban J connectivity index is 1.71. The van der Waals surface area contributed by atoms with Crippen LogP contribution in [-0.4, -0.2) is 17.1 Å². The largest absolute Gasteiger partial charge is 0.321 e. The lowest BCUT2D eigenvalue weighted by Crippen LogP contribution is -2.30. The number of carbonyl (C=O) groups excluding carboxylic acids is 2. The zero-order valence-electron chi connectivity index (χ0n) is 17.5. The van der Waals surface area contributed by atoms with Gasteiger partial charge in [0.1, 0.15) is 16.7 Å². The number of nitriles is 1. The number of anilines is 2. The highest BCUT2D eigenvalue weighted by atomic mass is 79.9. The second kappa shape index (κ2) is 10.7. The van der Waals surface area contributed by atoms with Gasteiger partial charge in [0, 0.05) is 25.9 Å². The van der Waals surface area contributed by atoms with Gasteiger partial charge in [0.2, 0.25) is 5.91 Å². The van der Waals surface area contributed by atoms with Gasteiger partial charge in [-0.15, -0.1) is 0 Å². The van der Waals surface area contributed by atoms with Crippen LogP contribution in [-0.2, 0) is 16.0 Å². The van der Waals surface area contributed by atoms with E-state index in [9.17, 15) is 14.9 Å². The number of amides is 2. The average Bonchev–Trinajstić information content (AvgIpc) is 3.13. The average molecular weight is 573 g/mol. The van der Waals surface area contributed by atoms with E-state index in [1.807, 2.05) is 18.2 Å². The molecule has 0 aromatic heterocycles. The minimum absolute atomic E-state index is 0.144. The molecular weight excluding hydrogens is 557 g/mol. The Kier molecular flexibility index (Phi) is 7.64. The van der Waals surface area contributed by atoms with Gasteiger partial charge in [-0.25, -0.2) is 0 Å². The minimum Gasteiger partial charge on any atom is -0.321 e. The highest BCUT2D eigenvalue weighted by Crippen LogP contribution is 2.42. The molecule has 5 nitrogen and oxygen atoms in total. The molecule has 1 aliphatic rings. The van der Waals surface area contributed by atoms with Crippen molar-refractivity contribution in [3.63, 3.8) is 0 Å². The molecule has 34 heavy (non-hydrogen) atoms. The van der Waals surface area contributed by atoms with E-state index >= 15 is 0 Å². The Bertz CT molecular complexity index is 1300. The second-order valence-electron chi connectivity index (χ2n) is 7.34. The van der Waals surface area contributed by atoms with Crippen LogP contribution in [0.15, 0.2) is 87.9 Å². The van der Waals surface area contributed by atoms with Crippen LogP contribution in [0.5, 0.6) is 0 Å². The highest BCUT2D eigenvalue weighted by molar-refractivity contribution is 9.10. The van der Waals surface area contributed by atoms with E-state index in [1.165, 1.54) is 16.7 Å². The van der Waals surface area contributed by atoms with E-state index < -0.39 is 11.2 Å². The van der Waals surface area contributed by atoms with Crippen molar-refractivity contribution >= 4 is 74.1 Å². The SMILES string of the molecule is N#C/C(C(=O)Nc1ccc(Br)cc1)=C1/S[C@H](Cc2ccc(Cl)cc2)C(=O)N1c1ccc(Cl)cc1. The van der Waals surface area contributed by atoms with Crippen molar-refractivity contribution in [2.45, 2.75) is 11.7 Å². The quantitative estimate of drug-likeness (QED) is 0.269. The number of hydrogen-bond acceptors (Lipinski definition) is 4. The topological polar surface area (TPSA) is 73.2 Å². The summed E-state index contributed by atoms with van der Waals surface area (Å²) in [5.74, 6) is -0.812. The summed E-state index contributed by atoms with van der Waals surface area (Å²) in [4.78, 5) is 28.0. The summed E-state index contributed by atoms with van der Waals surface area (Å²) >= 11 is 16.6. The number of nitrogens with one attached hydrogen (secondary N) is 1. The third-order valence-corrected chi connectivity index (χ3v) is 7.32. The van der Waals surface area contributed by atoms with Crippen molar-refractivity contribution in [2.24, 2.45) is 0 Å². The predicted molar refractivity (Wildman–Crippen MR) is 141 cm³/mol. The summed E-state index contributed by atoms with van der Waals surface area (Å²) < 4.78 is 0.861. The predicted octanol–water partition coefficient (Wildman–Crippen LogP) is 6.82. The highest BCUT2D eigenvalue weighted by Gasteiger charge is 2.40. The fourth-order valence-corrected chi connectivity index (χ4v) is 5.20. The molecule has 0 aliphatic carbocycles. The van der Waals surface area contributed by atoms with Gasteiger partial charge in [-0.2, -0.15) is 5.26 Å². The van der Waals surface area contributed by atoms with Crippen LogP contribution in [0.3, 0.4) is 0 Å². The van der Waals surface area contributed by atoms with Gasteiger partial charge in [-0.1, -0.05) is 63.0 Å². The molecule has 0 unspecified atom stereocenters. The molecule has 170 valence electrons. The van der Waals surface area contributed by atoms with E-state index in [-0.39, 0.29) is 16.5 Å². The summed E-state index contributed by atoms with van der Waals surface area (Å²) in [5, 5.41) is 13.5. The maximum Gasteiger partial charge on any atom is 0.269 e. The Morgan fingerprint density at radius 1 is 1.00 bits per heavy atom. The smallest absolute Gasteiger partial charge is 0.269 e. The van der Waals surface area contributed by atoms with Crippen LogP contribution < -0.4 is 10.2 Å². The number of halogens is 3. The molecule has 1 N–H and O–H groups in total. The van der Waals surface area contributed by atoms with Crippen molar-refractivity contribution in [2.75, 3.05) is 10.2 Å². The van der Waals surface area contributed by atoms with Gasteiger partial charge in [-0.05, 0) is 72.6 Å². The van der Waals surface area contributed by atoms with Crippen LogP contribution in [0.2, 0.25) is 10.0 Å². The maximum absolute atomic E-state index is 13.5. The van der Waals surface area contributed by atoms with Gasteiger partial charge in [0.15, 0.2) is 0 Å². The van der Waals surface area contributed by atoms with Crippen molar-refractivity contribution in [1.82, 2.24) is 0 Å². The minimum atomic E-state index is -0.591. The Labute approximate surface area is 219 Å². The Morgan fingerprint density at radius 2 is 1.59 bits per heavy atom. The third kappa shape index (κ3) is 5.48. The molecule has 4 rings (SSSR count). The molecule has 0 saturated carbocycles. The first-order chi connectivity index (χ1) is 16.4. The standard InChI is InChI=1S/C25H16BrCl2N3O2S/c26-16-3-9-19(10-4-16)30-23(32)21(14-29)25-31(20-11-7-18(28)8-12-20)24(33)22(34-25)13-15-1-5-17(27)6-2-15/h1-12,22H,13H2,(H,30,32)/b25-21-/t22-/m1/s1. The first-order valence-corrected chi connectivity index (χ1v) is 12.5. The molecule has 0 bridgehead atoms. The first-order valence-electron chi connectivity index (χ1n) is 10.1. The monoisotopic (exact) mass is 571 g/mol. The zero-order valence-corrected chi connectivity index (χ0v) is 21.4. The number of rotatable bonds is 5. The number of carbonyl (C=O) groups is 2. The third-order valence-electron chi connectivity index (χ3n) is 5.03. The number of nitrogens with zero attached hydrogens (tertiary/aromatic N) is 2. The molecular formula is C25H16BrCl2N3O2S. The molecule has 9 heteroatoms. The van der Waals surface area contributed by atoms with Crippen molar-refractivity contribution in [3.8, 4) is 6.07 Å². The van der Waals surface area contributed by atoms with E-state index in [0.29, 0.717) is 27.8 Å². The fourth-order valence-electron chi connectivity index (χ4n) is 3.37. The van der Waals surface area contributed by atoms with Gasteiger partial charge < -0.3 is 5.32 Å². The van der Waals surface area contributed by atoms with E-state index in [1.54, 1.807) is 60.7 Å². The van der Waals surface area contributed by atoms with Crippen LogP contribution in [0.1, 0.15) is 5.56 Å². The van der Waals surface area contributed by atoms with Crippen LogP contribution in [0.25, 0.3) is 0 Å². The summed E-state index contributed by atoms with van der Waals surface area (Å²) in [6.07, 6.45) is 0.418. The lowest BCUT2D eigenvalue weighted by Gasteiger charge is -2.19. The molecule has 3 aromatic rings. The van der Waals surface area contributed by atoms with Crippen molar-refractivity contribution < 1.29 is 9.59 Å². The lowest BCUT2D eigenvalue weighted by molar-refractivity contribution is -0.117. The summed E-state index contributed by atoms with van der Waals surface area (Å²) in [6.45, 7) is 0. The van der Waals surface area contributed by atoms with Crippen molar-refractivity contribution in [1.29, 1.82) is 5.26 Å². The lowest BCUT2D eigenvalue weighted by atomic mass is 10.1. The molecule has 0 spiro atoms. The van der Waals surface area contributed by atoms with Gasteiger partial charge in [-0.3, -0.25) is 14.5 Å². The number of thioether (sulfide) groups is 1. The van der Waals surface area contributed by atoms with Crippen LogP contribution in [0.4, 0.5) is 11.4 Å². The molecule has 1 atom stereocenters. The van der Waals surface area contributed by atoms with Gasteiger partial charge in [0.25, 0.3) is 5.91 Å². The second-order valence-corrected chi connectivity index (χ2v) is 10.3. The molecule has 2 amide bonds. The molecule has 1 heterocycles. The molecule has 1 fully saturated rings. The summed E-state index contributed by atoms with van der Waals surface area (Å²) in [5.41, 5.74) is 1.84. The van der Waals surface area contributed by atoms with Crippen molar-refractivity contribution in [3.05, 3.63) is 103 Å². The van der Waals surface area contributed by atoms with E-state index in [0.717, 1.165) is 10.0 Å². The molecule has 3 aromatic carbocycles. The maximum atomic E-state index is 13.5. The summed E-state index contributed by atoms with van der Waals surface area (Å²) in [6, 6.07) is 22.9. The van der Waals surface area contributed by atoms with Gasteiger partial charge in [0.05, 0.1) is 5.25 Å². The Hall–Kier alpha value is -2.76. The number of benzene rings is 3. The van der Waals surface area contributed by atoms with E-state index in [4.69, 9.17) is 23.2 Å². The molecule has 1 aliphatic heterocycles.